The zero-order valence-electron chi connectivity index (χ0n) is 10.6. The van der Waals surface area contributed by atoms with E-state index in [0.717, 1.165) is 24.6 Å². The average molecular weight is 257 g/mol. The first kappa shape index (κ1) is 14.8. The van der Waals surface area contributed by atoms with Crippen LogP contribution >= 0.6 is 0 Å². The molecule has 0 radical (unpaired) electrons. The standard InChI is InChI=1S/C14H18F3N/c1-3-11(10-18-4-2)8-12-6-5-7-13(9-12)14(15,16)17/h5-9,18H,3-4,10H2,1-2H3. The maximum absolute atomic E-state index is 12.6. The van der Waals surface area contributed by atoms with Crippen LogP contribution in [0.2, 0.25) is 0 Å². The normalized spacial score (nSPS) is 12.8. The first-order valence-electron chi connectivity index (χ1n) is 6.04. The monoisotopic (exact) mass is 257 g/mol. The fourth-order valence-electron chi connectivity index (χ4n) is 1.60. The van der Waals surface area contributed by atoms with Gasteiger partial charge in [-0.25, -0.2) is 0 Å². The first-order chi connectivity index (χ1) is 8.47. The van der Waals surface area contributed by atoms with E-state index in [1.54, 1.807) is 6.07 Å². The van der Waals surface area contributed by atoms with Crippen LogP contribution in [0.15, 0.2) is 29.8 Å². The first-order valence-corrected chi connectivity index (χ1v) is 6.04. The molecule has 1 rings (SSSR count). The number of nitrogens with one attached hydrogen (secondary N) is 1. The van der Waals surface area contributed by atoms with Crippen LogP contribution in [0.1, 0.15) is 31.4 Å². The fourth-order valence-corrected chi connectivity index (χ4v) is 1.60. The Morgan fingerprint density at radius 3 is 2.56 bits per heavy atom. The van der Waals surface area contributed by atoms with E-state index < -0.39 is 11.7 Å². The van der Waals surface area contributed by atoms with Gasteiger partial charge < -0.3 is 5.32 Å². The SMILES string of the molecule is CCNCC(=Cc1cccc(C(F)(F)F)c1)CC. The lowest BCUT2D eigenvalue weighted by Crippen LogP contribution is -2.15. The van der Waals surface area contributed by atoms with E-state index in [1.165, 1.54) is 12.1 Å². The predicted octanol–water partition coefficient (Wildman–Crippen LogP) is 4.11. The third kappa shape index (κ3) is 4.53. The van der Waals surface area contributed by atoms with Gasteiger partial charge in [0.15, 0.2) is 0 Å². The highest BCUT2D eigenvalue weighted by Gasteiger charge is 2.30. The van der Waals surface area contributed by atoms with Gasteiger partial charge in [0.05, 0.1) is 5.56 Å². The van der Waals surface area contributed by atoms with E-state index in [0.29, 0.717) is 12.1 Å². The minimum absolute atomic E-state index is 0.597. The predicted molar refractivity (Wildman–Crippen MR) is 68.3 cm³/mol. The van der Waals surface area contributed by atoms with Crippen LogP contribution in [0.4, 0.5) is 13.2 Å². The largest absolute Gasteiger partial charge is 0.416 e. The van der Waals surface area contributed by atoms with Crippen molar-refractivity contribution in [1.82, 2.24) is 5.32 Å². The van der Waals surface area contributed by atoms with Gasteiger partial charge >= 0.3 is 6.18 Å². The topological polar surface area (TPSA) is 12.0 Å². The summed E-state index contributed by atoms with van der Waals surface area (Å²) in [5.74, 6) is 0. The molecule has 0 aliphatic rings. The lowest BCUT2D eigenvalue weighted by Gasteiger charge is -2.09. The second kappa shape index (κ2) is 6.59. The number of benzene rings is 1. The fraction of sp³-hybridized carbons (Fsp3) is 0.429. The molecule has 0 atom stereocenters. The molecule has 0 aromatic heterocycles. The molecule has 4 heteroatoms. The lowest BCUT2D eigenvalue weighted by molar-refractivity contribution is -0.137. The van der Waals surface area contributed by atoms with Crippen LogP contribution in [-0.4, -0.2) is 13.1 Å². The van der Waals surface area contributed by atoms with Crippen LogP contribution in [0.25, 0.3) is 6.08 Å². The van der Waals surface area contributed by atoms with Crippen LogP contribution < -0.4 is 5.32 Å². The van der Waals surface area contributed by atoms with Crippen LogP contribution in [-0.2, 0) is 6.18 Å². The van der Waals surface area contributed by atoms with Crippen LogP contribution in [0, 0.1) is 0 Å². The van der Waals surface area contributed by atoms with E-state index in [1.807, 2.05) is 19.9 Å². The molecule has 0 spiro atoms. The molecule has 0 amide bonds. The second-order valence-electron chi connectivity index (χ2n) is 4.06. The van der Waals surface area contributed by atoms with Crippen molar-refractivity contribution in [3.8, 4) is 0 Å². The summed E-state index contributed by atoms with van der Waals surface area (Å²) in [6.45, 7) is 5.55. The molecule has 0 unspecified atom stereocenters. The molecule has 0 heterocycles. The zero-order chi connectivity index (χ0) is 13.6. The van der Waals surface area contributed by atoms with Gasteiger partial charge in [0.2, 0.25) is 0 Å². The molecule has 1 nitrogen and oxygen atoms in total. The lowest BCUT2D eigenvalue weighted by atomic mass is 10.1. The van der Waals surface area contributed by atoms with Crippen molar-refractivity contribution in [2.45, 2.75) is 26.4 Å². The van der Waals surface area contributed by atoms with E-state index >= 15 is 0 Å². The van der Waals surface area contributed by atoms with Gasteiger partial charge in [0.1, 0.15) is 0 Å². The molecule has 0 aliphatic heterocycles. The summed E-state index contributed by atoms with van der Waals surface area (Å²) < 4.78 is 37.7. The molecule has 0 saturated carbocycles. The van der Waals surface area contributed by atoms with Gasteiger partial charge in [-0.05, 0) is 30.7 Å². The molecular weight excluding hydrogens is 239 g/mol. The van der Waals surface area contributed by atoms with E-state index in [9.17, 15) is 13.2 Å². The minimum Gasteiger partial charge on any atom is -0.313 e. The van der Waals surface area contributed by atoms with Crippen molar-refractivity contribution in [3.05, 3.63) is 41.0 Å². The summed E-state index contributed by atoms with van der Waals surface area (Å²) in [6.07, 6.45) is -1.64. The third-order valence-corrected chi connectivity index (χ3v) is 2.64. The van der Waals surface area contributed by atoms with Crippen LogP contribution in [0.5, 0.6) is 0 Å². The zero-order valence-corrected chi connectivity index (χ0v) is 10.6. The molecule has 18 heavy (non-hydrogen) atoms. The number of hydrogen-bond donors (Lipinski definition) is 1. The molecular formula is C14H18F3N. The summed E-state index contributed by atoms with van der Waals surface area (Å²) in [5, 5.41) is 3.17. The summed E-state index contributed by atoms with van der Waals surface area (Å²) >= 11 is 0. The molecule has 1 aromatic rings. The Bertz CT molecular complexity index is 408. The van der Waals surface area contributed by atoms with E-state index in [-0.39, 0.29) is 0 Å². The Morgan fingerprint density at radius 2 is 2.00 bits per heavy atom. The Kier molecular flexibility index (Phi) is 5.41. The summed E-state index contributed by atoms with van der Waals surface area (Å²) in [7, 11) is 0. The summed E-state index contributed by atoms with van der Waals surface area (Å²) in [4.78, 5) is 0. The van der Waals surface area contributed by atoms with Crippen LogP contribution in [0.3, 0.4) is 0 Å². The van der Waals surface area contributed by atoms with Crippen molar-refractivity contribution in [1.29, 1.82) is 0 Å². The van der Waals surface area contributed by atoms with Crippen molar-refractivity contribution >= 4 is 6.08 Å². The number of halogens is 3. The maximum atomic E-state index is 12.6. The molecule has 1 aromatic carbocycles. The minimum atomic E-state index is -4.28. The van der Waals surface area contributed by atoms with Crippen molar-refractivity contribution in [3.63, 3.8) is 0 Å². The molecule has 0 bridgehead atoms. The van der Waals surface area contributed by atoms with Gasteiger partial charge in [-0.2, -0.15) is 13.2 Å². The summed E-state index contributed by atoms with van der Waals surface area (Å²) in [5.41, 5.74) is 1.09. The third-order valence-electron chi connectivity index (χ3n) is 2.64. The summed E-state index contributed by atoms with van der Waals surface area (Å²) in [6, 6.07) is 5.40. The highest BCUT2D eigenvalue weighted by molar-refractivity contribution is 5.54. The van der Waals surface area contributed by atoms with Gasteiger partial charge in [0, 0.05) is 6.54 Å². The molecule has 0 aliphatic carbocycles. The Morgan fingerprint density at radius 1 is 1.28 bits per heavy atom. The highest BCUT2D eigenvalue weighted by Crippen LogP contribution is 2.29. The number of hydrogen-bond acceptors (Lipinski definition) is 1. The van der Waals surface area contributed by atoms with Gasteiger partial charge in [-0.1, -0.05) is 37.6 Å². The highest BCUT2D eigenvalue weighted by atomic mass is 19.4. The number of alkyl halides is 3. The number of likely N-dealkylation sites (N-methyl/N-ethyl adjacent to an activating group) is 1. The smallest absolute Gasteiger partial charge is 0.313 e. The van der Waals surface area contributed by atoms with Crippen molar-refractivity contribution < 1.29 is 13.2 Å². The molecule has 100 valence electrons. The average Bonchev–Trinajstić information content (AvgIpc) is 2.33. The molecule has 1 N–H and O–H groups in total. The Balaban J connectivity index is 2.92. The van der Waals surface area contributed by atoms with Crippen molar-refractivity contribution in [2.24, 2.45) is 0 Å². The van der Waals surface area contributed by atoms with Gasteiger partial charge in [-0.15, -0.1) is 0 Å². The molecule has 0 saturated heterocycles. The van der Waals surface area contributed by atoms with Crippen molar-refractivity contribution in [2.75, 3.05) is 13.1 Å². The van der Waals surface area contributed by atoms with Gasteiger partial charge in [0.25, 0.3) is 0 Å². The van der Waals surface area contributed by atoms with Gasteiger partial charge in [-0.3, -0.25) is 0 Å². The Labute approximate surface area is 106 Å². The van der Waals surface area contributed by atoms with E-state index in [4.69, 9.17) is 0 Å². The number of rotatable bonds is 5. The van der Waals surface area contributed by atoms with E-state index in [2.05, 4.69) is 5.32 Å². The Hall–Kier alpha value is -1.29. The maximum Gasteiger partial charge on any atom is 0.416 e. The quantitative estimate of drug-likeness (QED) is 0.837. The molecule has 0 fully saturated rings. The second-order valence-corrected chi connectivity index (χ2v) is 4.06.